The van der Waals surface area contributed by atoms with E-state index in [9.17, 15) is 4.79 Å². The maximum Gasteiger partial charge on any atom is 0.298 e. The molecule has 0 fully saturated rings. The van der Waals surface area contributed by atoms with Crippen LogP contribution in [-0.4, -0.2) is 32.9 Å². The van der Waals surface area contributed by atoms with Crippen LogP contribution in [0.15, 0.2) is 39.6 Å². The largest absolute Gasteiger partial charge is 0.360 e. The lowest BCUT2D eigenvalue weighted by Gasteiger charge is -2.19. The summed E-state index contributed by atoms with van der Waals surface area (Å²) in [7, 11) is 0. The van der Waals surface area contributed by atoms with E-state index in [1.807, 2.05) is 42.2 Å². The van der Waals surface area contributed by atoms with Gasteiger partial charge in [-0.05, 0) is 13.5 Å². The van der Waals surface area contributed by atoms with Gasteiger partial charge in [0.1, 0.15) is 11.5 Å². The Balaban J connectivity index is 2.13. The van der Waals surface area contributed by atoms with E-state index < -0.39 is 0 Å². The molecule has 0 aliphatic rings. The Bertz CT molecular complexity index is 969. The molecule has 0 N–H and O–H groups in total. The lowest BCUT2D eigenvalue weighted by Crippen LogP contribution is -2.34. The summed E-state index contributed by atoms with van der Waals surface area (Å²) in [5, 5.41) is 18.0. The molecule has 0 unspecified atom stereocenters. The number of hydrogen-bond acceptors (Lipinski definition) is 6. The molecule has 0 amide bonds. The van der Waals surface area contributed by atoms with Crippen LogP contribution in [0.25, 0.3) is 22.2 Å². The van der Waals surface area contributed by atoms with Crippen LogP contribution >= 0.6 is 0 Å². The van der Waals surface area contributed by atoms with Gasteiger partial charge in [-0.25, -0.2) is 4.68 Å². The minimum absolute atomic E-state index is 0.280. The number of fused-ring (bicyclic) bond motifs is 1. The molecule has 0 aliphatic carbocycles. The third-order valence-corrected chi connectivity index (χ3v) is 4.13. The first-order chi connectivity index (χ1) is 12.2. The van der Waals surface area contributed by atoms with Crippen LogP contribution in [0.3, 0.4) is 0 Å². The van der Waals surface area contributed by atoms with E-state index in [-0.39, 0.29) is 11.1 Å². The fourth-order valence-electron chi connectivity index (χ4n) is 2.76. The van der Waals surface area contributed by atoms with Gasteiger partial charge in [-0.15, -0.1) is 0 Å². The molecule has 3 aromatic rings. The third-order valence-electron chi connectivity index (χ3n) is 4.13. The minimum atomic E-state index is -0.290. The summed E-state index contributed by atoms with van der Waals surface area (Å²) in [5.74, 6) is 0.572. The van der Waals surface area contributed by atoms with Gasteiger partial charge in [-0.2, -0.15) is 10.4 Å². The number of hydrogen-bond donors (Lipinski definition) is 0. The van der Waals surface area contributed by atoms with Crippen molar-refractivity contribution >= 4 is 10.9 Å². The molecule has 7 heteroatoms. The van der Waals surface area contributed by atoms with E-state index in [4.69, 9.17) is 9.78 Å². The Morgan fingerprint density at radius 1 is 1.32 bits per heavy atom. The molecule has 0 bridgehead atoms. The molecule has 1 aromatic carbocycles. The van der Waals surface area contributed by atoms with Crippen molar-refractivity contribution in [3.8, 4) is 17.3 Å². The molecular formula is C18H19N5O2. The molecule has 7 nitrogen and oxygen atoms in total. The Kier molecular flexibility index (Phi) is 4.91. The monoisotopic (exact) mass is 337 g/mol. The molecule has 0 saturated carbocycles. The van der Waals surface area contributed by atoms with Gasteiger partial charge in [0.2, 0.25) is 0 Å². The summed E-state index contributed by atoms with van der Waals surface area (Å²) in [6, 6.07) is 11.8. The predicted molar refractivity (Wildman–Crippen MR) is 93.7 cm³/mol. The summed E-state index contributed by atoms with van der Waals surface area (Å²) in [6.45, 7) is 5.36. The smallest absolute Gasteiger partial charge is 0.298 e. The minimum Gasteiger partial charge on any atom is -0.360 e. The molecule has 2 aromatic heterocycles. The van der Waals surface area contributed by atoms with Crippen LogP contribution in [0.5, 0.6) is 0 Å². The maximum atomic E-state index is 12.7. The fraction of sp³-hybridized carbons (Fsp3) is 0.333. The second-order valence-corrected chi connectivity index (χ2v) is 5.74. The van der Waals surface area contributed by atoms with Gasteiger partial charge >= 0.3 is 0 Å². The van der Waals surface area contributed by atoms with Gasteiger partial charge in [0, 0.05) is 18.5 Å². The van der Waals surface area contributed by atoms with Crippen LogP contribution in [0, 0.1) is 18.3 Å². The van der Waals surface area contributed by atoms with Crippen molar-refractivity contribution in [1.82, 2.24) is 19.8 Å². The van der Waals surface area contributed by atoms with Gasteiger partial charge in [-0.1, -0.05) is 42.4 Å². The molecular weight excluding hydrogens is 318 g/mol. The Morgan fingerprint density at radius 2 is 2.08 bits per heavy atom. The molecule has 0 spiro atoms. The fourth-order valence-corrected chi connectivity index (χ4v) is 2.76. The first kappa shape index (κ1) is 16.9. The summed E-state index contributed by atoms with van der Waals surface area (Å²) in [4.78, 5) is 14.7. The Labute approximate surface area is 145 Å². The van der Waals surface area contributed by atoms with Crippen LogP contribution < -0.4 is 5.56 Å². The molecule has 2 heterocycles. The molecule has 25 heavy (non-hydrogen) atoms. The van der Waals surface area contributed by atoms with Crippen molar-refractivity contribution in [2.45, 2.75) is 26.9 Å². The Hall–Kier alpha value is -2.98. The normalized spacial score (nSPS) is 11.1. The number of nitrogens with zero attached hydrogens (tertiary/aromatic N) is 5. The number of rotatable bonds is 6. The molecule has 0 aliphatic heterocycles. The molecule has 128 valence electrons. The number of benzene rings is 1. The standard InChI is InChI=1S/C18H19N5O2/c1-3-22(11-7-10-19)12-23-18(24)17-15(13(2)25-21-17)16(20-23)14-8-5-4-6-9-14/h4-6,8-9H,3,7,11-12H2,1-2H3. The van der Waals surface area contributed by atoms with Crippen molar-refractivity contribution in [1.29, 1.82) is 5.26 Å². The van der Waals surface area contributed by atoms with Crippen molar-refractivity contribution in [3.63, 3.8) is 0 Å². The summed E-state index contributed by atoms with van der Waals surface area (Å²) in [5.41, 5.74) is 1.56. The third kappa shape index (κ3) is 3.30. The zero-order chi connectivity index (χ0) is 17.8. The maximum absolute atomic E-state index is 12.7. The van der Waals surface area contributed by atoms with Gasteiger partial charge in [0.15, 0.2) is 5.52 Å². The number of aromatic nitrogens is 3. The second kappa shape index (κ2) is 7.28. The van der Waals surface area contributed by atoms with E-state index >= 15 is 0 Å². The van der Waals surface area contributed by atoms with Gasteiger partial charge in [0.05, 0.1) is 18.1 Å². The molecule has 0 saturated heterocycles. The van der Waals surface area contributed by atoms with E-state index in [0.717, 1.165) is 5.56 Å². The number of nitriles is 1. The van der Waals surface area contributed by atoms with Crippen molar-refractivity contribution in [2.75, 3.05) is 13.1 Å². The first-order valence-electron chi connectivity index (χ1n) is 8.17. The predicted octanol–water partition coefficient (Wildman–Crippen LogP) is 2.55. The van der Waals surface area contributed by atoms with E-state index in [1.165, 1.54) is 4.68 Å². The summed E-state index contributed by atoms with van der Waals surface area (Å²) >= 11 is 0. The van der Waals surface area contributed by atoms with Crippen LogP contribution in [0.2, 0.25) is 0 Å². The second-order valence-electron chi connectivity index (χ2n) is 5.74. The average Bonchev–Trinajstić information content (AvgIpc) is 3.03. The summed E-state index contributed by atoms with van der Waals surface area (Å²) in [6.07, 6.45) is 0.402. The van der Waals surface area contributed by atoms with E-state index in [0.29, 0.717) is 43.0 Å². The van der Waals surface area contributed by atoms with Gasteiger partial charge < -0.3 is 4.52 Å². The highest BCUT2D eigenvalue weighted by Gasteiger charge is 2.19. The molecule has 3 rings (SSSR count). The van der Waals surface area contributed by atoms with Crippen LogP contribution in [0.1, 0.15) is 19.1 Å². The zero-order valence-corrected chi connectivity index (χ0v) is 14.3. The Morgan fingerprint density at radius 3 is 2.76 bits per heavy atom. The first-order valence-corrected chi connectivity index (χ1v) is 8.17. The molecule has 0 radical (unpaired) electrons. The van der Waals surface area contributed by atoms with Gasteiger partial charge in [-0.3, -0.25) is 9.69 Å². The zero-order valence-electron chi connectivity index (χ0n) is 14.3. The highest BCUT2D eigenvalue weighted by molar-refractivity contribution is 5.92. The van der Waals surface area contributed by atoms with Crippen molar-refractivity contribution in [2.24, 2.45) is 0 Å². The quantitative estimate of drug-likeness (QED) is 0.687. The lowest BCUT2D eigenvalue weighted by atomic mass is 10.1. The lowest BCUT2D eigenvalue weighted by molar-refractivity contribution is 0.218. The average molecular weight is 337 g/mol. The topological polar surface area (TPSA) is 87.9 Å². The number of aryl methyl sites for hydroxylation is 1. The molecule has 0 atom stereocenters. The van der Waals surface area contributed by atoms with E-state index in [1.54, 1.807) is 6.92 Å². The highest BCUT2D eigenvalue weighted by atomic mass is 16.5. The van der Waals surface area contributed by atoms with Crippen molar-refractivity contribution in [3.05, 3.63) is 46.4 Å². The SMILES string of the molecule is CCN(CCC#N)Cn1nc(-c2ccccc2)c2c(C)onc2c1=O. The van der Waals surface area contributed by atoms with Crippen LogP contribution in [0.4, 0.5) is 0 Å². The van der Waals surface area contributed by atoms with Crippen LogP contribution in [-0.2, 0) is 6.67 Å². The summed E-state index contributed by atoms with van der Waals surface area (Å²) < 4.78 is 6.65. The van der Waals surface area contributed by atoms with E-state index in [2.05, 4.69) is 16.3 Å². The highest BCUT2D eigenvalue weighted by Crippen LogP contribution is 2.26. The van der Waals surface area contributed by atoms with Crippen molar-refractivity contribution < 1.29 is 4.52 Å². The van der Waals surface area contributed by atoms with Gasteiger partial charge in [0.25, 0.3) is 5.56 Å².